The minimum absolute atomic E-state index is 0.0675. The second-order valence-electron chi connectivity index (χ2n) is 5.41. The number of nitrogens with zero attached hydrogens (tertiary/aromatic N) is 2. The largest absolute Gasteiger partial charge is 0.369 e. The first-order valence-electron chi connectivity index (χ1n) is 7.15. The van der Waals surface area contributed by atoms with Crippen LogP contribution in [0.15, 0.2) is 22.9 Å². The van der Waals surface area contributed by atoms with Gasteiger partial charge >= 0.3 is 0 Å². The van der Waals surface area contributed by atoms with Crippen LogP contribution < -0.4 is 5.32 Å². The van der Waals surface area contributed by atoms with Crippen molar-refractivity contribution in [1.82, 2.24) is 20.5 Å². The molecule has 0 bridgehead atoms. The smallest absolute Gasteiger partial charge is 0.272 e. The van der Waals surface area contributed by atoms with Gasteiger partial charge in [0.2, 0.25) is 0 Å². The van der Waals surface area contributed by atoms with Crippen molar-refractivity contribution in [1.29, 1.82) is 0 Å². The highest BCUT2D eigenvalue weighted by Gasteiger charge is 2.29. The van der Waals surface area contributed by atoms with Gasteiger partial charge in [0, 0.05) is 35.4 Å². The van der Waals surface area contributed by atoms with Crippen LogP contribution in [-0.4, -0.2) is 27.2 Å². The summed E-state index contributed by atoms with van der Waals surface area (Å²) in [5.41, 5.74) is 3.28. The molecule has 0 fully saturated rings. The van der Waals surface area contributed by atoms with Crippen molar-refractivity contribution in [2.75, 3.05) is 0 Å². The van der Waals surface area contributed by atoms with Crippen molar-refractivity contribution < 1.29 is 9.53 Å². The molecule has 0 aliphatic carbocycles. The van der Waals surface area contributed by atoms with Gasteiger partial charge < -0.3 is 10.1 Å². The fourth-order valence-electron chi connectivity index (χ4n) is 2.67. The highest BCUT2D eigenvalue weighted by Crippen LogP contribution is 2.30. The van der Waals surface area contributed by atoms with E-state index in [0.717, 1.165) is 21.3 Å². The number of halogens is 1. The predicted molar refractivity (Wildman–Crippen MR) is 84.4 cm³/mol. The fraction of sp³-hybridized carbons (Fsp3) is 0.400. The average molecular weight is 365 g/mol. The first-order valence-corrected chi connectivity index (χ1v) is 7.94. The third-order valence-electron chi connectivity index (χ3n) is 3.74. The number of aromatic nitrogens is 3. The van der Waals surface area contributed by atoms with Crippen molar-refractivity contribution in [3.8, 4) is 0 Å². The Morgan fingerprint density at radius 1 is 1.55 bits per heavy atom. The molecule has 22 heavy (non-hydrogen) atoms. The third kappa shape index (κ3) is 2.91. The van der Waals surface area contributed by atoms with Gasteiger partial charge in [-0.15, -0.1) is 0 Å². The highest BCUT2D eigenvalue weighted by atomic mass is 79.9. The summed E-state index contributed by atoms with van der Waals surface area (Å²) in [6.45, 7) is 4.38. The molecule has 0 unspecified atom stereocenters. The van der Waals surface area contributed by atoms with Crippen LogP contribution in [0.25, 0.3) is 0 Å². The number of aromatic amines is 1. The first-order chi connectivity index (χ1) is 10.6. The van der Waals surface area contributed by atoms with Gasteiger partial charge in [0.1, 0.15) is 0 Å². The summed E-state index contributed by atoms with van der Waals surface area (Å²) in [6.07, 6.45) is 4.11. The van der Waals surface area contributed by atoms with Crippen LogP contribution in [0.5, 0.6) is 0 Å². The van der Waals surface area contributed by atoms with Crippen molar-refractivity contribution in [2.24, 2.45) is 0 Å². The van der Waals surface area contributed by atoms with Gasteiger partial charge in [0.05, 0.1) is 17.9 Å². The predicted octanol–water partition coefficient (Wildman–Crippen LogP) is 2.52. The van der Waals surface area contributed by atoms with Crippen LogP contribution in [0.3, 0.4) is 0 Å². The molecular weight excluding hydrogens is 348 g/mol. The lowest BCUT2D eigenvalue weighted by atomic mass is 9.99. The molecule has 6 nitrogen and oxygen atoms in total. The van der Waals surface area contributed by atoms with Crippen molar-refractivity contribution >= 4 is 21.8 Å². The van der Waals surface area contributed by atoms with Gasteiger partial charge in [-0.25, -0.2) is 0 Å². The molecule has 0 radical (unpaired) electrons. The highest BCUT2D eigenvalue weighted by molar-refractivity contribution is 9.10. The summed E-state index contributed by atoms with van der Waals surface area (Å²) < 4.78 is 6.60. The van der Waals surface area contributed by atoms with Gasteiger partial charge in [-0.3, -0.25) is 14.9 Å². The normalized spacial score (nSPS) is 20.5. The number of ether oxygens (including phenoxy) is 1. The number of H-pyrrole nitrogens is 1. The van der Waals surface area contributed by atoms with Crippen LogP contribution in [0.2, 0.25) is 0 Å². The Balaban J connectivity index is 1.75. The number of carbonyl (C=O) groups excluding carboxylic acids is 1. The molecule has 2 atom stereocenters. The number of pyridine rings is 1. The number of nitrogens with one attached hydrogen (secondary N) is 2. The zero-order chi connectivity index (χ0) is 15.7. The molecule has 116 valence electrons. The number of carbonyl (C=O) groups is 1. The Hall–Kier alpha value is -1.73. The Kier molecular flexibility index (Phi) is 4.26. The second-order valence-corrected chi connectivity index (χ2v) is 6.26. The lowest BCUT2D eigenvalue weighted by molar-refractivity contribution is -0.00697. The maximum atomic E-state index is 12.4. The lowest BCUT2D eigenvalue weighted by Gasteiger charge is -2.25. The van der Waals surface area contributed by atoms with Crippen LogP contribution >= 0.6 is 15.9 Å². The van der Waals surface area contributed by atoms with Crippen LogP contribution in [0.4, 0.5) is 0 Å². The van der Waals surface area contributed by atoms with Crippen LogP contribution in [-0.2, 0) is 17.7 Å². The molecule has 0 saturated heterocycles. The summed E-state index contributed by atoms with van der Waals surface area (Å²) >= 11 is 3.42. The zero-order valence-corrected chi connectivity index (χ0v) is 14.0. The molecule has 3 rings (SSSR count). The lowest BCUT2D eigenvalue weighted by Crippen LogP contribution is -2.27. The minimum Gasteiger partial charge on any atom is -0.369 e. The Morgan fingerprint density at radius 2 is 2.36 bits per heavy atom. The number of hydrogen-bond donors (Lipinski definition) is 2. The molecule has 7 heteroatoms. The molecule has 1 aliphatic heterocycles. The van der Waals surface area contributed by atoms with Crippen molar-refractivity contribution in [3.05, 3.63) is 45.4 Å². The molecule has 0 spiro atoms. The maximum Gasteiger partial charge on any atom is 0.272 e. The molecule has 3 heterocycles. The number of rotatable bonds is 3. The van der Waals surface area contributed by atoms with E-state index in [1.165, 1.54) is 0 Å². The zero-order valence-electron chi connectivity index (χ0n) is 12.4. The summed E-state index contributed by atoms with van der Waals surface area (Å²) in [4.78, 5) is 16.4. The van der Waals surface area contributed by atoms with Gasteiger partial charge in [0.25, 0.3) is 5.91 Å². The van der Waals surface area contributed by atoms with E-state index in [0.29, 0.717) is 18.7 Å². The van der Waals surface area contributed by atoms with E-state index in [2.05, 4.69) is 36.4 Å². The number of fused-ring (bicyclic) bond motifs is 1. The SMILES string of the molecule is C[C@@H]1Cc2c(C(=O)NCc3ccncc3Br)n[nH]c2[C@H](C)O1. The Bertz CT molecular complexity index is 701. The third-order valence-corrected chi connectivity index (χ3v) is 4.46. The number of hydrogen-bond acceptors (Lipinski definition) is 4. The van der Waals surface area contributed by atoms with E-state index in [-0.39, 0.29) is 18.1 Å². The second kappa shape index (κ2) is 6.18. The van der Waals surface area contributed by atoms with E-state index in [9.17, 15) is 4.79 Å². The van der Waals surface area contributed by atoms with Gasteiger partial charge in [-0.1, -0.05) is 0 Å². The molecule has 0 aromatic carbocycles. The van der Waals surface area contributed by atoms with Crippen molar-refractivity contribution in [2.45, 2.75) is 39.0 Å². The molecule has 1 amide bonds. The van der Waals surface area contributed by atoms with Gasteiger partial charge in [-0.05, 0) is 41.4 Å². The fourth-order valence-corrected chi connectivity index (χ4v) is 3.06. The van der Waals surface area contributed by atoms with Crippen LogP contribution in [0, 0.1) is 0 Å². The Labute approximate surface area is 136 Å². The molecule has 0 saturated carbocycles. The quantitative estimate of drug-likeness (QED) is 0.876. The average Bonchev–Trinajstić information content (AvgIpc) is 2.90. The Morgan fingerprint density at radius 3 is 3.14 bits per heavy atom. The molecule has 2 N–H and O–H groups in total. The molecule has 1 aliphatic rings. The molecule has 2 aromatic heterocycles. The van der Waals surface area contributed by atoms with Crippen molar-refractivity contribution in [3.63, 3.8) is 0 Å². The summed E-state index contributed by atoms with van der Waals surface area (Å²) in [6, 6.07) is 1.86. The molecule has 2 aromatic rings. The summed E-state index contributed by atoms with van der Waals surface area (Å²) in [7, 11) is 0. The monoisotopic (exact) mass is 364 g/mol. The summed E-state index contributed by atoms with van der Waals surface area (Å²) in [5, 5.41) is 10.0. The number of amides is 1. The van der Waals surface area contributed by atoms with Gasteiger partial charge in [0.15, 0.2) is 5.69 Å². The van der Waals surface area contributed by atoms with Crippen LogP contribution in [0.1, 0.15) is 47.3 Å². The van der Waals surface area contributed by atoms with E-state index in [4.69, 9.17) is 4.74 Å². The maximum absolute atomic E-state index is 12.4. The molecular formula is C15H17BrN4O2. The minimum atomic E-state index is -0.178. The standard InChI is InChI=1S/C15H17BrN4O2/c1-8-5-11-13(9(2)22-8)19-20-14(11)15(21)18-6-10-3-4-17-7-12(10)16/h3-4,7-9H,5-6H2,1-2H3,(H,18,21)(H,19,20)/t8-,9+/m1/s1. The summed E-state index contributed by atoms with van der Waals surface area (Å²) in [5.74, 6) is -0.178. The first kappa shape index (κ1) is 15.2. The van der Waals surface area contributed by atoms with E-state index in [1.807, 2.05) is 19.9 Å². The van der Waals surface area contributed by atoms with E-state index < -0.39 is 0 Å². The van der Waals surface area contributed by atoms with E-state index in [1.54, 1.807) is 12.4 Å². The van der Waals surface area contributed by atoms with Gasteiger partial charge in [-0.2, -0.15) is 5.10 Å². The van der Waals surface area contributed by atoms with E-state index >= 15 is 0 Å². The topological polar surface area (TPSA) is 79.9 Å².